The van der Waals surface area contributed by atoms with Crippen LogP contribution in [0.2, 0.25) is 0 Å². The van der Waals surface area contributed by atoms with Crippen LogP contribution < -0.4 is 5.32 Å². The molecule has 6 nitrogen and oxygen atoms in total. The first kappa shape index (κ1) is 16.6. The van der Waals surface area contributed by atoms with E-state index in [2.05, 4.69) is 25.1 Å². The minimum absolute atomic E-state index is 0.225. The molecule has 28 heavy (non-hydrogen) atoms. The Morgan fingerprint density at radius 3 is 2.89 bits per heavy atom. The van der Waals surface area contributed by atoms with E-state index in [1.807, 2.05) is 54.6 Å². The van der Waals surface area contributed by atoms with Crippen LogP contribution in [0.15, 0.2) is 60.8 Å². The standard InChI is InChI=1S/C22H19N5O/c28-22(20-18-9-2-1-6-15(18)11-12-23-20)24-17-8-5-7-16(14-17)21-26-25-19-10-3-4-13-27(19)21/h1-2,5-9,11-12,14H,3-4,10,13H2,(H,24,28). The zero-order valence-electron chi connectivity index (χ0n) is 15.3. The van der Waals surface area contributed by atoms with Gasteiger partial charge in [0.15, 0.2) is 5.82 Å². The number of nitrogens with one attached hydrogen (secondary N) is 1. The second-order valence-electron chi connectivity index (χ2n) is 6.96. The lowest BCUT2D eigenvalue weighted by Gasteiger charge is -2.15. The summed E-state index contributed by atoms with van der Waals surface area (Å²) in [7, 11) is 0. The quantitative estimate of drug-likeness (QED) is 0.590. The van der Waals surface area contributed by atoms with Gasteiger partial charge in [-0.3, -0.25) is 9.78 Å². The lowest BCUT2D eigenvalue weighted by molar-refractivity contribution is 0.102. The first-order valence-corrected chi connectivity index (χ1v) is 9.47. The summed E-state index contributed by atoms with van der Waals surface area (Å²) < 4.78 is 2.18. The zero-order valence-corrected chi connectivity index (χ0v) is 15.3. The Morgan fingerprint density at radius 1 is 1.00 bits per heavy atom. The maximum Gasteiger partial charge on any atom is 0.274 e. The molecule has 4 aromatic rings. The molecule has 0 atom stereocenters. The fourth-order valence-corrected chi connectivity index (χ4v) is 3.75. The van der Waals surface area contributed by atoms with E-state index in [0.717, 1.165) is 53.8 Å². The third-order valence-corrected chi connectivity index (χ3v) is 5.13. The second kappa shape index (κ2) is 6.88. The third-order valence-electron chi connectivity index (χ3n) is 5.13. The number of hydrogen-bond acceptors (Lipinski definition) is 4. The summed E-state index contributed by atoms with van der Waals surface area (Å²) in [5.74, 6) is 1.67. The van der Waals surface area contributed by atoms with Gasteiger partial charge in [0.05, 0.1) is 0 Å². The van der Waals surface area contributed by atoms with E-state index in [0.29, 0.717) is 11.4 Å². The molecule has 0 spiro atoms. The molecule has 0 saturated heterocycles. The minimum atomic E-state index is -0.225. The van der Waals surface area contributed by atoms with Gasteiger partial charge in [-0.2, -0.15) is 0 Å². The molecule has 1 N–H and O–H groups in total. The van der Waals surface area contributed by atoms with Crippen LogP contribution in [0.1, 0.15) is 29.2 Å². The van der Waals surface area contributed by atoms with Crippen LogP contribution >= 0.6 is 0 Å². The van der Waals surface area contributed by atoms with E-state index in [9.17, 15) is 4.79 Å². The minimum Gasteiger partial charge on any atom is -0.321 e. The number of benzene rings is 2. The highest BCUT2D eigenvalue weighted by Crippen LogP contribution is 2.25. The van der Waals surface area contributed by atoms with Gasteiger partial charge in [-0.25, -0.2) is 0 Å². The zero-order chi connectivity index (χ0) is 18.9. The van der Waals surface area contributed by atoms with Crippen molar-refractivity contribution in [1.29, 1.82) is 0 Å². The van der Waals surface area contributed by atoms with Gasteiger partial charge in [-0.05, 0) is 36.4 Å². The number of hydrogen-bond donors (Lipinski definition) is 1. The molecule has 3 heterocycles. The van der Waals surface area contributed by atoms with Crippen molar-refractivity contribution < 1.29 is 4.79 Å². The van der Waals surface area contributed by atoms with Crippen molar-refractivity contribution in [1.82, 2.24) is 19.7 Å². The number of carbonyl (C=O) groups excluding carboxylic acids is 1. The van der Waals surface area contributed by atoms with Crippen molar-refractivity contribution in [2.45, 2.75) is 25.8 Å². The van der Waals surface area contributed by atoms with Crippen molar-refractivity contribution >= 4 is 22.4 Å². The number of aromatic nitrogens is 4. The van der Waals surface area contributed by atoms with Gasteiger partial charge in [-0.1, -0.05) is 36.4 Å². The first-order chi connectivity index (χ1) is 13.8. The molecule has 138 valence electrons. The van der Waals surface area contributed by atoms with Crippen LogP contribution in [-0.2, 0) is 13.0 Å². The Balaban J connectivity index is 1.46. The largest absolute Gasteiger partial charge is 0.321 e. The van der Waals surface area contributed by atoms with Crippen molar-refractivity contribution in [2.24, 2.45) is 0 Å². The van der Waals surface area contributed by atoms with Gasteiger partial charge in [0.25, 0.3) is 5.91 Å². The molecule has 0 saturated carbocycles. The average Bonchev–Trinajstić information content (AvgIpc) is 3.18. The van der Waals surface area contributed by atoms with Gasteiger partial charge < -0.3 is 9.88 Å². The highest BCUT2D eigenvalue weighted by Gasteiger charge is 2.18. The smallest absolute Gasteiger partial charge is 0.274 e. The third kappa shape index (κ3) is 2.93. The Bertz CT molecular complexity index is 1180. The van der Waals surface area contributed by atoms with Crippen LogP contribution in [0.3, 0.4) is 0 Å². The van der Waals surface area contributed by atoms with Crippen LogP contribution in [-0.4, -0.2) is 25.7 Å². The lowest BCUT2D eigenvalue weighted by atomic mass is 10.1. The topological polar surface area (TPSA) is 72.7 Å². The summed E-state index contributed by atoms with van der Waals surface area (Å²) in [6.07, 6.45) is 4.93. The van der Waals surface area contributed by atoms with Gasteiger partial charge in [0, 0.05) is 35.8 Å². The Hall–Kier alpha value is -3.54. The van der Waals surface area contributed by atoms with E-state index in [4.69, 9.17) is 0 Å². The van der Waals surface area contributed by atoms with Gasteiger partial charge in [0.1, 0.15) is 11.5 Å². The molecule has 5 rings (SSSR count). The molecular formula is C22H19N5O. The van der Waals surface area contributed by atoms with Crippen LogP contribution in [0.5, 0.6) is 0 Å². The molecule has 1 aliphatic rings. The maximum absolute atomic E-state index is 12.9. The normalized spacial score (nSPS) is 13.3. The summed E-state index contributed by atoms with van der Waals surface area (Å²) in [4.78, 5) is 17.1. The van der Waals surface area contributed by atoms with E-state index in [1.54, 1.807) is 6.20 Å². The molecule has 0 aliphatic carbocycles. The van der Waals surface area contributed by atoms with Crippen molar-refractivity contribution in [2.75, 3.05) is 5.32 Å². The second-order valence-corrected chi connectivity index (χ2v) is 6.96. The highest BCUT2D eigenvalue weighted by atomic mass is 16.1. The van der Waals surface area contributed by atoms with E-state index >= 15 is 0 Å². The number of amides is 1. The predicted molar refractivity (Wildman–Crippen MR) is 108 cm³/mol. The molecule has 6 heteroatoms. The Morgan fingerprint density at radius 2 is 1.93 bits per heavy atom. The molecular weight excluding hydrogens is 350 g/mol. The first-order valence-electron chi connectivity index (χ1n) is 9.47. The molecule has 2 aromatic carbocycles. The number of anilines is 1. The van der Waals surface area contributed by atoms with Gasteiger partial charge >= 0.3 is 0 Å². The molecule has 0 unspecified atom stereocenters. The lowest BCUT2D eigenvalue weighted by Crippen LogP contribution is -2.14. The number of fused-ring (bicyclic) bond motifs is 2. The van der Waals surface area contributed by atoms with E-state index in [1.165, 1.54) is 0 Å². The van der Waals surface area contributed by atoms with Crippen molar-refractivity contribution in [3.05, 3.63) is 72.3 Å². The fourth-order valence-electron chi connectivity index (χ4n) is 3.75. The van der Waals surface area contributed by atoms with Crippen LogP contribution in [0, 0.1) is 0 Å². The number of carbonyl (C=O) groups is 1. The van der Waals surface area contributed by atoms with E-state index < -0.39 is 0 Å². The van der Waals surface area contributed by atoms with Crippen LogP contribution in [0.25, 0.3) is 22.2 Å². The summed E-state index contributed by atoms with van der Waals surface area (Å²) in [6.45, 7) is 0.939. The monoisotopic (exact) mass is 369 g/mol. The van der Waals surface area contributed by atoms with Gasteiger partial charge in [0.2, 0.25) is 0 Å². The van der Waals surface area contributed by atoms with Gasteiger partial charge in [-0.15, -0.1) is 10.2 Å². The molecule has 1 amide bonds. The molecule has 0 radical (unpaired) electrons. The van der Waals surface area contributed by atoms with Crippen LogP contribution in [0.4, 0.5) is 5.69 Å². The summed E-state index contributed by atoms with van der Waals surface area (Å²) >= 11 is 0. The molecule has 2 aromatic heterocycles. The van der Waals surface area contributed by atoms with Crippen molar-refractivity contribution in [3.8, 4) is 11.4 Å². The summed E-state index contributed by atoms with van der Waals surface area (Å²) in [5.41, 5.74) is 2.08. The summed E-state index contributed by atoms with van der Waals surface area (Å²) in [6, 6.07) is 17.4. The number of aryl methyl sites for hydroxylation is 1. The predicted octanol–water partition coefficient (Wildman–Crippen LogP) is 4.08. The van der Waals surface area contributed by atoms with Crippen molar-refractivity contribution in [3.63, 3.8) is 0 Å². The average molecular weight is 369 g/mol. The summed E-state index contributed by atoms with van der Waals surface area (Å²) in [5, 5.41) is 13.5. The Kier molecular flexibility index (Phi) is 4.09. The Labute approximate surface area is 162 Å². The SMILES string of the molecule is O=C(Nc1cccc(-c2nnc3n2CCCC3)c1)c1nccc2ccccc12. The maximum atomic E-state index is 12.9. The molecule has 1 aliphatic heterocycles. The molecule has 0 fully saturated rings. The molecule has 0 bridgehead atoms. The fraction of sp³-hybridized carbons (Fsp3) is 0.182. The highest BCUT2D eigenvalue weighted by molar-refractivity contribution is 6.11. The van der Waals surface area contributed by atoms with E-state index in [-0.39, 0.29) is 5.91 Å². The number of nitrogens with zero attached hydrogens (tertiary/aromatic N) is 4. The number of pyridine rings is 1. The number of rotatable bonds is 3.